The summed E-state index contributed by atoms with van der Waals surface area (Å²) in [7, 11) is 3.22. The van der Waals surface area contributed by atoms with Crippen molar-refractivity contribution in [2.45, 2.75) is 26.8 Å². The fraction of sp³-hybridized carbons (Fsp3) is 0.412. The number of aromatic nitrogens is 2. The number of nitrogens with zero attached hydrogens (tertiary/aromatic N) is 2. The third-order valence-electron chi connectivity index (χ3n) is 4.10. The maximum absolute atomic E-state index is 12.3. The predicted molar refractivity (Wildman–Crippen MR) is 85.2 cm³/mol. The van der Waals surface area contributed by atoms with Crippen LogP contribution in [-0.4, -0.2) is 36.3 Å². The molecular formula is C17H20N2O4. The van der Waals surface area contributed by atoms with E-state index >= 15 is 0 Å². The third-order valence-corrected chi connectivity index (χ3v) is 4.10. The van der Waals surface area contributed by atoms with Crippen LogP contribution in [0.25, 0.3) is 11.3 Å². The number of imidazole rings is 1. The van der Waals surface area contributed by atoms with E-state index in [2.05, 4.69) is 9.55 Å². The maximum Gasteiger partial charge on any atom is 0.359 e. The Bertz CT molecular complexity index is 764. The van der Waals surface area contributed by atoms with Gasteiger partial charge in [-0.05, 0) is 38.0 Å². The van der Waals surface area contributed by atoms with Gasteiger partial charge in [0.1, 0.15) is 5.82 Å². The molecule has 1 aromatic heterocycles. The van der Waals surface area contributed by atoms with E-state index in [-0.39, 0.29) is 0 Å². The molecule has 3 rings (SSSR count). The smallest absolute Gasteiger partial charge is 0.359 e. The van der Waals surface area contributed by atoms with Gasteiger partial charge >= 0.3 is 5.97 Å². The van der Waals surface area contributed by atoms with E-state index in [9.17, 15) is 4.79 Å². The van der Waals surface area contributed by atoms with Crippen LogP contribution in [-0.2, 0) is 17.7 Å². The van der Waals surface area contributed by atoms with E-state index in [4.69, 9.17) is 14.2 Å². The average molecular weight is 316 g/mol. The van der Waals surface area contributed by atoms with Crippen molar-refractivity contribution >= 4 is 5.97 Å². The van der Waals surface area contributed by atoms with E-state index < -0.39 is 5.97 Å². The molecule has 23 heavy (non-hydrogen) atoms. The lowest BCUT2D eigenvalue weighted by Gasteiger charge is -2.22. The Morgan fingerprint density at radius 1 is 1.26 bits per heavy atom. The number of aryl methyl sites for hydroxylation is 2. The van der Waals surface area contributed by atoms with Crippen LogP contribution in [0, 0.1) is 6.92 Å². The fourth-order valence-corrected chi connectivity index (χ4v) is 3.03. The normalized spacial score (nSPS) is 12.3. The summed E-state index contributed by atoms with van der Waals surface area (Å²) >= 11 is 0. The zero-order chi connectivity index (χ0) is 16.6. The highest BCUT2D eigenvalue weighted by Crippen LogP contribution is 2.40. The number of benzene rings is 1. The van der Waals surface area contributed by atoms with Gasteiger partial charge < -0.3 is 18.8 Å². The highest BCUT2D eigenvalue weighted by atomic mass is 16.5. The molecule has 0 bridgehead atoms. The summed E-state index contributed by atoms with van der Waals surface area (Å²) in [6.45, 7) is 4.78. The predicted octanol–water partition coefficient (Wildman–Crippen LogP) is 2.61. The van der Waals surface area contributed by atoms with Crippen LogP contribution in [0.15, 0.2) is 12.1 Å². The monoisotopic (exact) mass is 316 g/mol. The van der Waals surface area contributed by atoms with Gasteiger partial charge in [0, 0.05) is 12.1 Å². The highest BCUT2D eigenvalue weighted by Gasteiger charge is 2.28. The number of ether oxygens (including phenoxy) is 3. The van der Waals surface area contributed by atoms with Gasteiger partial charge in [-0.2, -0.15) is 0 Å². The average Bonchev–Trinajstić information content (AvgIpc) is 2.91. The first-order valence-electron chi connectivity index (χ1n) is 7.60. The number of methoxy groups -OCH3 is 2. The van der Waals surface area contributed by atoms with E-state index in [1.807, 2.05) is 19.1 Å². The third kappa shape index (κ3) is 2.44. The summed E-state index contributed by atoms with van der Waals surface area (Å²) in [5, 5.41) is 0. The molecule has 2 aromatic rings. The number of hydrogen-bond acceptors (Lipinski definition) is 5. The van der Waals surface area contributed by atoms with E-state index in [1.165, 1.54) is 0 Å². The van der Waals surface area contributed by atoms with Crippen molar-refractivity contribution in [2.24, 2.45) is 0 Å². The van der Waals surface area contributed by atoms with Gasteiger partial charge in [0.2, 0.25) is 0 Å². The maximum atomic E-state index is 12.3. The van der Waals surface area contributed by atoms with Crippen LogP contribution in [0.2, 0.25) is 0 Å². The highest BCUT2D eigenvalue weighted by molar-refractivity contribution is 5.95. The molecule has 0 atom stereocenters. The second kappa shape index (κ2) is 5.95. The molecule has 0 N–H and O–H groups in total. The second-order valence-electron chi connectivity index (χ2n) is 5.34. The fourth-order valence-electron chi connectivity index (χ4n) is 3.03. The molecule has 0 spiro atoms. The van der Waals surface area contributed by atoms with Crippen molar-refractivity contribution in [2.75, 3.05) is 20.8 Å². The molecule has 122 valence electrons. The number of esters is 1. The standard InChI is InChI=1S/C17H20N2O4/c1-5-23-17(20)15-16-12-9-14(22-4)13(21-3)8-11(12)6-7-19(16)10(2)18-15/h8-9H,5-7H2,1-4H3. The first-order chi connectivity index (χ1) is 11.1. The molecule has 6 nitrogen and oxygen atoms in total. The van der Waals surface area contributed by atoms with Gasteiger partial charge in [0.05, 0.1) is 26.5 Å². The summed E-state index contributed by atoms with van der Waals surface area (Å²) in [6.07, 6.45) is 0.849. The lowest BCUT2D eigenvalue weighted by Crippen LogP contribution is -2.15. The topological polar surface area (TPSA) is 62.6 Å². The summed E-state index contributed by atoms with van der Waals surface area (Å²) in [4.78, 5) is 16.7. The van der Waals surface area contributed by atoms with Crippen molar-refractivity contribution in [1.29, 1.82) is 0 Å². The van der Waals surface area contributed by atoms with Crippen LogP contribution in [0.4, 0.5) is 0 Å². The quantitative estimate of drug-likeness (QED) is 0.811. The Labute approximate surface area is 135 Å². The summed E-state index contributed by atoms with van der Waals surface area (Å²) in [5.74, 6) is 1.73. The van der Waals surface area contributed by atoms with Crippen LogP contribution < -0.4 is 9.47 Å². The van der Waals surface area contributed by atoms with Crippen molar-refractivity contribution in [1.82, 2.24) is 9.55 Å². The molecule has 0 amide bonds. The molecule has 0 saturated heterocycles. The Morgan fingerprint density at radius 3 is 2.61 bits per heavy atom. The number of carbonyl (C=O) groups excluding carboxylic acids is 1. The molecule has 2 heterocycles. The van der Waals surface area contributed by atoms with Gasteiger partial charge in [-0.1, -0.05) is 0 Å². The number of fused-ring (bicyclic) bond motifs is 3. The Morgan fingerprint density at radius 2 is 1.96 bits per heavy atom. The van der Waals surface area contributed by atoms with Gasteiger partial charge in [0.15, 0.2) is 17.2 Å². The molecular weight excluding hydrogens is 296 g/mol. The minimum absolute atomic E-state index is 0.322. The minimum Gasteiger partial charge on any atom is -0.493 e. The molecule has 0 unspecified atom stereocenters. The largest absolute Gasteiger partial charge is 0.493 e. The lowest BCUT2D eigenvalue weighted by molar-refractivity contribution is 0.0521. The van der Waals surface area contributed by atoms with Crippen molar-refractivity contribution in [3.63, 3.8) is 0 Å². The van der Waals surface area contributed by atoms with Crippen molar-refractivity contribution < 1.29 is 19.0 Å². The van der Waals surface area contributed by atoms with E-state index in [1.54, 1.807) is 21.1 Å². The van der Waals surface area contributed by atoms with Crippen molar-refractivity contribution in [3.05, 3.63) is 29.2 Å². The van der Waals surface area contributed by atoms with Gasteiger partial charge in [-0.15, -0.1) is 0 Å². The molecule has 0 saturated carbocycles. The minimum atomic E-state index is -0.396. The SMILES string of the molecule is CCOC(=O)c1nc(C)n2c1-c1cc(OC)c(OC)cc1CC2. The van der Waals surface area contributed by atoms with E-state index in [0.717, 1.165) is 35.6 Å². The Kier molecular flexibility index (Phi) is 3.98. The molecule has 1 aliphatic rings. The zero-order valence-corrected chi connectivity index (χ0v) is 13.8. The molecule has 1 aliphatic heterocycles. The zero-order valence-electron chi connectivity index (χ0n) is 13.8. The summed E-state index contributed by atoms with van der Waals surface area (Å²) < 4.78 is 18.0. The summed E-state index contributed by atoms with van der Waals surface area (Å²) in [6, 6.07) is 3.87. The van der Waals surface area contributed by atoms with Gasteiger partial charge in [0.25, 0.3) is 0 Å². The molecule has 6 heteroatoms. The van der Waals surface area contributed by atoms with Gasteiger partial charge in [-0.25, -0.2) is 9.78 Å². The number of rotatable bonds is 4. The van der Waals surface area contributed by atoms with Crippen LogP contribution in [0.1, 0.15) is 28.8 Å². The Hall–Kier alpha value is -2.50. The molecule has 0 aliphatic carbocycles. The van der Waals surface area contributed by atoms with Crippen LogP contribution >= 0.6 is 0 Å². The Balaban J connectivity index is 2.21. The van der Waals surface area contributed by atoms with Crippen LogP contribution in [0.3, 0.4) is 0 Å². The number of hydrogen-bond donors (Lipinski definition) is 0. The second-order valence-corrected chi connectivity index (χ2v) is 5.34. The molecule has 1 aromatic carbocycles. The summed E-state index contributed by atoms with van der Waals surface area (Å²) in [5.41, 5.74) is 3.21. The van der Waals surface area contributed by atoms with Gasteiger partial charge in [-0.3, -0.25) is 0 Å². The van der Waals surface area contributed by atoms with E-state index in [0.29, 0.717) is 23.8 Å². The lowest BCUT2D eigenvalue weighted by atomic mass is 9.96. The first kappa shape index (κ1) is 15.4. The number of carbonyl (C=O) groups is 1. The van der Waals surface area contributed by atoms with Crippen LogP contribution in [0.5, 0.6) is 11.5 Å². The molecule has 0 radical (unpaired) electrons. The van der Waals surface area contributed by atoms with Crippen molar-refractivity contribution in [3.8, 4) is 22.8 Å². The molecule has 0 fully saturated rings. The first-order valence-corrected chi connectivity index (χ1v) is 7.60.